The Kier molecular flexibility index (Phi) is 8.40. The molecule has 2 N–H and O–H groups in total. The van der Waals surface area contributed by atoms with Crippen molar-refractivity contribution in [1.29, 1.82) is 0 Å². The van der Waals surface area contributed by atoms with Crippen LogP contribution in [0.4, 0.5) is 0 Å². The first-order chi connectivity index (χ1) is 14.6. The summed E-state index contributed by atoms with van der Waals surface area (Å²) in [5.41, 5.74) is 0.290. The SMILES string of the molecule is CCNC(=NCC1(CCOC)CCC1)NCCCN1C(=O)C2C3C=CC(C3)C2C1=O.I. The molecule has 174 valence electrons. The van der Waals surface area contributed by atoms with Gasteiger partial charge in [-0.3, -0.25) is 19.5 Å². The van der Waals surface area contributed by atoms with Crippen LogP contribution in [-0.4, -0.2) is 62.6 Å². The van der Waals surface area contributed by atoms with Gasteiger partial charge in [0.25, 0.3) is 0 Å². The maximum atomic E-state index is 12.8. The average molecular weight is 544 g/mol. The molecule has 7 nitrogen and oxygen atoms in total. The summed E-state index contributed by atoms with van der Waals surface area (Å²) in [6.07, 6.45) is 10.8. The van der Waals surface area contributed by atoms with Crippen LogP contribution in [-0.2, 0) is 14.3 Å². The van der Waals surface area contributed by atoms with Gasteiger partial charge in [0.2, 0.25) is 11.8 Å². The van der Waals surface area contributed by atoms with E-state index < -0.39 is 0 Å². The summed E-state index contributed by atoms with van der Waals surface area (Å²) in [5, 5.41) is 6.69. The lowest BCUT2D eigenvalue weighted by Gasteiger charge is -2.40. The first kappa shape index (κ1) is 24.5. The van der Waals surface area contributed by atoms with E-state index in [1.54, 1.807) is 7.11 Å². The quantitative estimate of drug-likeness (QED) is 0.110. The second-order valence-electron chi connectivity index (χ2n) is 9.40. The van der Waals surface area contributed by atoms with Crippen LogP contribution in [0.3, 0.4) is 0 Å². The smallest absolute Gasteiger partial charge is 0.233 e. The van der Waals surface area contributed by atoms with Gasteiger partial charge in [-0.25, -0.2) is 0 Å². The molecular weight excluding hydrogens is 507 g/mol. The van der Waals surface area contributed by atoms with E-state index in [0.29, 0.717) is 13.1 Å². The number of ether oxygens (including phenoxy) is 1. The molecule has 1 saturated heterocycles. The number of hydrogen-bond donors (Lipinski definition) is 2. The number of rotatable bonds is 10. The van der Waals surface area contributed by atoms with Crippen molar-refractivity contribution in [3.63, 3.8) is 0 Å². The predicted molar refractivity (Wildman–Crippen MR) is 131 cm³/mol. The molecule has 2 amide bonds. The molecule has 2 bridgehead atoms. The number of guanidine groups is 1. The fourth-order valence-electron chi connectivity index (χ4n) is 5.70. The molecule has 3 aliphatic carbocycles. The highest BCUT2D eigenvalue weighted by atomic mass is 127. The van der Waals surface area contributed by atoms with Crippen LogP contribution in [0.25, 0.3) is 0 Å². The van der Waals surface area contributed by atoms with Crippen molar-refractivity contribution >= 4 is 41.8 Å². The minimum atomic E-state index is -0.0925. The Balaban J connectivity index is 0.00000272. The summed E-state index contributed by atoms with van der Waals surface area (Å²) in [6.45, 7) is 5.65. The van der Waals surface area contributed by atoms with Gasteiger partial charge < -0.3 is 15.4 Å². The zero-order valence-electron chi connectivity index (χ0n) is 18.8. The molecule has 0 radical (unpaired) electrons. The Morgan fingerprint density at radius 3 is 2.42 bits per heavy atom. The highest BCUT2D eigenvalue weighted by Crippen LogP contribution is 2.52. The largest absolute Gasteiger partial charge is 0.385 e. The molecule has 4 unspecified atom stereocenters. The number of carbonyl (C=O) groups is 2. The van der Waals surface area contributed by atoms with Crippen molar-refractivity contribution in [2.45, 2.75) is 45.4 Å². The number of amides is 2. The third-order valence-corrected chi connectivity index (χ3v) is 7.58. The summed E-state index contributed by atoms with van der Waals surface area (Å²) >= 11 is 0. The number of aliphatic imine (C=N–C) groups is 1. The second-order valence-corrected chi connectivity index (χ2v) is 9.40. The predicted octanol–water partition coefficient (Wildman–Crippen LogP) is 2.56. The molecule has 8 heteroatoms. The van der Waals surface area contributed by atoms with E-state index in [2.05, 4.69) is 29.7 Å². The third-order valence-electron chi connectivity index (χ3n) is 7.58. The number of methoxy groups -OCH3 is 1. The first-order valence-corrected chi connectivity index (χ1v) is 11.6. The molecule has 0 aromatic rings. The van der Waals surface area contributed by atoms with E-state index in [9.17, 15) is 9.59 Å². The molecule has 2 saturated carbocycles. The highest BCUT2D eigenvalue weighted by molar-refractivity contribution is 14.0. The second kappa shape index (κ2) is 10.6. The number of allylic oxidation sites excluding steroid dienone is 2. The normalized spacial score (nSPS) is 30.3. The minimum Gasteiger partial charge on any atom is -0.385 e. The van der Waals surface area contributed by atoms with Crippen LogP contribution in [0.15, 0.2) is 17.1 Å². The monoisotopic (exact) mass is 544 g/mol. The van der Waals surface area contributed by atoms with Crippen molar-refractivity contribution < 1.29 is 14.3 Å². The number of carbonyl (C=O) groups excluding carboxylic acids is 2. The summed E-state index contributed by atoms with van der Waals surface area (Å²) in [5.74, 6) is 1.29. The van der Waals surface area contributed by atoms with Gasteiger partial charge in [-0.15, -0.1) is 24.0 Å². The van der Waals surface area contributed by atoms with Gasteiger partial charge in [0, 0.05) is 39.9 Å². The van der Waals surface area contributed by atoms with E-state index in [-0.39, 0.29) is 64.9 Å². The lowest BCUT2D eigenvalue weighted by Crippen LogP contribution is -2.41. The van der Waals surface area contributed by atoms with Crippen molar-refractivity contribution in [1.82, 2.24) is 15.5 Å². The van der Waals surface area contributed by atoms with E-state index in [1.165, 1.54) is 24.2 Å². The topological polar surface area (TPSA) is 83.0 Å². The highest BCUT2D eigenvalue weighted by Gasteiger charge is 2.58. The van der Waals surface area contributed by atoms with E-state index in [4.69, 9.17) is 9.73 Å². The van der Waals surface area contributed by atoms with Crippen molar-refractivity contribution in [3.8, 4) is 0 Å². The Hall–Kier alpha value is -1.16. The number of halogens is 1. The van der Waals surface area contributed by atoms with Gasteiger partial charge >= 0.3 is 0 Å². The molecule has 4 atom stereocenters. The fraction of sp³-hybridized carbons (Fsp3) is 0.783. The molecular formula is C23H37IN4O3. The standard InChI is InChI=1S/C23H36N4O3.HI/c1-3-24-22(26-15-23(8-4-9-23)10-13-30-2)25-11-5-12-27-20(28)18-16-6-7-17(14-16)19(18)21(27)29;/h6-7,16-19H,3-5,8-15H2,1-2H3,(H2,24,25,26);1H. The van der Waals surface area contributed by atoms with Gasteiger partial charge in [0.05, 0.1) is 11.8 Å². The zero-order chi connectivity index (χ0) is 21.1. The van der Waals surface area contributed by atoms with E-state index >= 15 is 0 Å². The van der Waals surface area contributed by atoms with Crippen LogP contribution in [0, 0.1) is 29.1 Å². The Morgan fingerprint density at radius 1 is 1.19 bits per heavy atom. The third kappa shape index (κ3) is 4.94. The summed E-state index contributed by atoms with van der Waals surface area (Å²) in [4.78, 5) is 31.9. The maximum absolute atomic E-state index is 12.8. The van der Waals surface area contributed by atoms with Gasteiger partial charge in [-0.1, -0.05) is 18.6 Å². The van der Waals surface area contributed by atoms with Crippen LogP contribution < -0.4 is 10.6 Å². The summed E-state index contributed by atoms with van der Waals surface area (Å²) in [6, 6.07) is 0. The first-order valence-electron chi connectivity index (χ1n) is 11.6. The van der Waals surface area contributed by atoms with E-state index in [1.807, 2.05) is 0 Å². The molecule has 0 aromatic carbocycles. The number of fused-ring (bicyclic) bond motifs is 5. The number of hydrogen-bond acceptors (Lipinski definition) is 4. The Bertz CT molecular complexity index is 692. The Labute approximate surface area is 202 Å². The number of nitrogens with one attached hydrogen (secondary N) is 2. The molecule has 4 rings (SSSR count). The molecule has 0 aromatic heterocycles. The van der Waals surface area contributed by atoms with Gasteiger partial charge in [-0.05, 0) is 56.3 Å². The van der Waals surface area contributed by atoms with Crippen molar-refractivity contribution in [2.75, 3.05) is 39.9 Å². The molecule has 4 aliphatic rings. The van der Waals surface area contributed by atoms with Gasteiger partial charge in [-0.2, -0.15) is 0 Å². The van der Waals surface area contributed by atoms with Crippen LogP contribution in [0.5, 0.6) is 0 Å². The van der Waals surface area contributed by atoms with Crippen LogP contribution >= 0.6 is 24.0 Å². The van der Waals surface area contributed by atoms with Crippen molar-refractivity contribution in [3.05, 3.63) is 12.2 Å². The maximum Gasteiger partial charge on any atom is 0.233 e. The number of likely N-dealkylation sites (tertiary alicyclic amines) is 1. The van der Waals surface area contributed by atoms with E-state index in [0.717, 1.165) is 44.9 Å². The van der Waals surface area contributed by atoms with Crippen molar-refractivity contribution in [2.24, 2.45) is 34.1 Å². The summed E-state index contributed by atoms with van der Waals surface area (Å²) < 4.78 is 5.27. The molecule has 0 spiro atoms. The fourth-order valence-corrected chi connectivity index (χ4v) is 5.70. The Morgan fingerprint density at radius 2 is 1.87 bits per heavy atom. The summed E-state index contributed by atoms with van der Waals surface area (Å²) in [7, 11) is 1.76. The lowest BCUT2D eigenvalue weighted by atomic mass is 9.67. The number of imide groups is 1. The lowest BCUT2D eigenvalue weighted by molar-refractivity contribution is -0.140. The zero-order valence-corrected chi connectivity index (χ0v) is 21.1. The average Bonchev–Trinajstić information content (AvgIpc) is 3.39. The molecule has 3 fully saturated rings. The molecule has 1 heterocycles. The van der Waals surface area contributed by atoms with Gasteiger partial charge in [0.1, 0.15) is 0 Å². The minimum absolute atomic E-state index is 0. The van der Waals surface area contributed by atoms with Crippen LogP contribution in [0.1, 0.15) is 45.4 Å². The number of nitrogens with zero attached hydrogens (tertiary/aromatic N) is 2. The molecule has 1 aliphatic heterocycles. The van der Waals surface area contributed by atoms with Gasteiger partial charge in [0.15, 0.2) is 5.96 Å². The van der Waals surface area contributed by atoms with Crippen LogP contribution in [0.2, 0.25) is 0 Å². The molecule has 31 heavy (non-hydrogen) atoms.